The van der Waals surface area contributed by atoms with Gasteiger partial charge in [0.2, 0.25) is 5.91 Å². The number of piperazine rings is 1. The Kier molecular flexibility index (Phi) is 6.04. The highest BCUT2D eigenvalue weighted by Gasteiger charge is 2.29. The molecule has 1 saturated heterocycles. The molecule has 2 heterocycles. The lowest BCUT2D eigenvalue weighted by Crippen LogP contribution is -2.50. The van der Waals surface area contributed by atoms with Crippen LogP contribution in [0.3, 0.4) is 0 Å². The number of nitrogens with one attached hydrogen (secondary N) is 1. The van der Waals surface area contributed by atoms with Crippen molar-refractivity contribution in [2.24, 2.45) is 5.92 Å². The third kappa shape index (κ3) is 4.68. The van der Waals surface area contributed by atoms with Gasteiger partial charge in [-0.2, -0.15) is 0 Å². The van der Waals surface area contributed by atoms with E-state index in [9.17, 15) is 4.79 Å². The first-order valence-corrected chi connectivity index (χ1v) is 10.9. The molecule has 5 nitrogen and oxygen atoms in total. The summed E-state index contributed by atoms with van der Waals surface area (Å²) in [6.07, 6.45) is 4.65. The molecule has 0 bridgehead atoms. The Labute approximate surface area is 165 Å². The van der Waals surface area contributed by atoms with Gasteiger partial charge in [-0.25, -0.2) is 4.98 Å². The minimum Gasteiger partial charge on any atom is -0.360 e. The average molecular weight is 385 g/mol. The van der Waals surface area contributed by atoms with Crippen LogP contribution >= 0.6 is 11.3 Å². The summed E-state index contributed by atoms with van der Waals surface area (Å²) >= 11 is 1.66. The average Bonchev–Trinajstić information content (AvgIpc) is 3.41. The summed E-state index contributed by atoms with van der Waals surface area (Å²) in [4.78, 5) is 21.7. The molecule has 0 unspecified atom stereocenters. The van der Waals surface area contributed by atoms with Crippen LogP contribution in [0, 0.1) is 5.92 Å². The lowest BCUT2D eigenvalue weighted by molar-refractivity contribution is -0.137. The molecule has 4 rings (SSSR count). The van der Waals surface area contributed by atoms with Crippen molar-refractivity contribution in [1.29, 1.82) is 0 Å². The molecule has 0 spiro atoms. The second-order valence-electron chi connectivity index (χ2n) is 7.48. The molecule has 2 fully saturated rings. The van der Waals surface area contributed by atoms with Gasteiger partial charge in [0.25, 0.3) is 0 Å². The number of amides is 1. The van der Waals surface area contributed by atoms with Gasteiger partial charge < -0.3 is 10.2 Å². The highest BCUT2D eigenvalue weighted by molar-refractivity contribution is 7.14. The summed E-state index contributed by atoms with van der Waals surface area (Å²) in [7, 11) is 0. The molecule has 0 atom stereocenters. The molecular weight excluding hydrogens is 356 g/mol. The van der Waals surface area contributed by atoms with Crippen LogP contribution in [0.4, 0.5) is 5.13 Å². The van der Waals surface area contributed by atoms with Gasteiger partial charge in [-0.15, -0.1) is 11.3 Å². The summed E-state index contributed by atoms with van der Waals surface area (Å²) < 4.78 is 0. The SMILES string of the molecule is O=C(C1CCCC1)N1CCN(CCNc2nc(-c3ccccc3)cs2)CC1. The number of aromatic nitrogens is 1. The second-order valence-corrected chi connectivity index (χ2v) is 8.34. The summed E-state index contributed by atoms with van der Waals surface area (Å²) in [5.41, 5.74) is 2.19. The third-order valence-electron chi connectivity index (χ3n) is 5.67. The van der Waals surface area contributed by atoms with Crippen molar-refractivity contribution in [3.8, 4) is 11.3 Å². The van der Waals surface area contributed by atoms with Crippen molar-refractivity contribution in [3.05, 3.63) is 35.7 Å². The maximum absolute atomic E-state index is 12.5. The largest absolute Gasteiger partial charge is 0.360 e. The zero-order valence-corrected chi connectivity index (χ0v) is 16.6. The van der Waals surface area contributed by atoms with Gasteiger partial charge >= 0.3 is 0 Å². The van der Waals surface area contributed by atoms with Crippen LogP contribution in [0.25, 0.3) is 11.3 Å². The number of anilines is 1. The second kappa shape index (κ2) is 8.85. The standard InChI is InChI=1S/C21H28N4OS/c26-20(18-8-4-5-9-18)25-14-12-24(13-15-25)11-10-22-21-23-19(16-27-21)17-6-2-1-3-7-17/h1-3,6-7,16,18H,4-5,8-15H2,(H,22,23). The van der Waals surface area contributed by atoms with E-state index in [1.807, 2.05) is 18.2 Å². The molecule has 1 aromatic carbocycles. The van der Waals surface area contributed by atoms with Gasteiger partial charge in [0.1, 0.15) is 0 Å². The molecule has 27 heavy (non-hydrogen) atoms. The lowest BCUT2D eigenvalue weighted by Gasteiger charge is -2.36. The summed E-state index contributed by atoms with van der Waals surface area (Å²) in [5.74, 6) is 0.712. The van der Waals surface area contributed by atoms with Crippen molar-refractivity contribution >= 4 is 22.4 Å². The molecule has 144 valence electrons. The fraction of sp³-hybridized carbons (Fsp3) is 0.524. The zero-order valence-electron chi connectivity index (χ0n) is 15.8. The number of carbonyl (C=O) groups excluding carboxylic acids is 1. The molecule has 2 aliphatic rings. The topological polar surface area (TPSA) is 48.5 Å². The van der Waals surface area contributed by atoms with Gasteiger partial charge in [0.15, 0.2) is 5.13 Å². The number of benzene rings is 1. The van der Waals surface area contributed by atoms with E-state index >= 15 is 0 Å². The molecule has 1 saturated carbocycles. The molecule has 0 radical (unpaired) electrons. The van der Waals surface area contributed by atoms with E-state index in [2.05, 4.69) is 37.6 Å². The Balaban J connectivity index is 1.18. The van der Waals surface area contributed by atoms with E-state index < -0.39 is 0 Å². The molecule has 1 aliphatic heterocycles. The maximum Gasteiger partial charge on any atom is 0.225 e. The smallest absolute Gasteiger partial charge is 0.225 e. The van der Waals surface area contributed by atoms with E-state index in [0.29, 0.717) is 11.8 Å². The third-order valence-corrected chi connectivity index (χ3v) is 6.47. The van der Waals surface area contributed by atoms with Crippen LogP contribution in [0.1, 0.15) is 25.7 Å². The van der Waals surface area contributed by atoms with Crippen LogP contribution in [-0.2, 0) is 4.79 Å². The first-order valence-electron chi connectivity index (χ1n) is 10.1. The minimum atomic E-state index is 0.307. The van der Waals surface area contributed by atoms with Gasteiger partial charge in [-0.3, -0.25) is 9.69 Å². The molecule has 1 N–H and O–H groups in total. The van der Waals surface area contributed by atoms with E-state index in [0.717, 1.165) is 68.5 Å². The first-order chi connectivity index (χ1) is 13.3. The number of rotatable bonds is 6. The molecule has 1 aromatic heterocycles. The lowest BCUT2D eigenvalue weighted by atomic mass is 10.1. The van der Waals surface area contributed by atoms with Crippen LogP contribution in [0.2, 0.25) is 0 Å². The molecule has 2 aromatic rings. The quantitative estimate of drug-likeness (QED) is 0.827. The monoisotopic (exact) mass is 384 g/mol. The van der Waals surface area contributed by atoms with Crippen molar-refractivity contribution in [3.63, 3.8) is 0 Å². The number of carbonyl (C=O) groups is 1. The highest BCUT2D eigenvalue weighted by atomic mass is 32.1. The predicted molar refractivity (Wildman–Crippen MR) is 111 cm³/mol. The maximum atomic E-state index is 12.5. The van der Waals surface area contributed by atoms with E-state index in [1.54, 1.807) is 11.3 Å². The normalized spacial score (nSPS) is 18.7. The zero-order chi connectivity index (χ0) is 18.5. The van der Waals surface area contributed by atoms with Crippen molar-refractivity contribution in [2.75, 3.05) is 44.6 Å². The number of thiazole rings is 1. The number of hydrogen-bond donors (Lipinski definition) is 1. The summed E-state index contributed by atoms with van der Waals surface area (Å²) in [5, 5.41) is 6.52. The van der Waals surface area contributed by atoms with Gasteiger partial charge in [-0.1, -0.05) is 43.2 Å². The van der Waals surface area contributed by atoms with Gasteiger partial charge in [0.05, 0.1) is 5.69 Å². The Morgan fingerprint density at radius 1 is 1.11 bits per heavy atom. The van der Waals surface area contributed by atoms with Gasteiger partial charge in [0, 0.05) is 56.1 Å². The molecule has 1 aliphatic carbocycles. The van der Waals surface area contributed by atoms with Crippen molar-refractivity contribution < 1.29 is 4.79 Å². The molecular formula is C21H28N4OS. The number of nitrogens with zero attached hydrogens (tertiary/aromatic N) is 3. The molecule has 1 amide bonds. The van der Waals surface area contributed by atoms with E-state index in [4.69, 9.17) is 0 Å². The Morgan fingerprint density at radius 3 is 2.59 bits per heavy atom. The highest BCUT2D eigenvalue weighted by Crippen LogP contribution is 2.27. The van der Waals surface area contributed by atoms with Gasteiger partial charge in [-0.05, 0) is 12.8 Å². The van der Waals surface area contributed by atoms with Crippen LogP contribution in [-0.4, -0.2) is 60.0 Å². The summed E-state index contributed by atoms with van der Waals surface area (Å²) in [6, 6.07) is 10.3. The molecule has 6 heteroatoms. The number of hydrogen-bond acceptors (Lipinski definition) is 5. The van der Waals surface area contributed by atoms with Crippen molar-refractivity contribution in [2.45, 2.75) is 25.7 Å². The Hall–Kier alpha value is -1.92. The predicted octanol–water partition coefficient (Wildman–Crippen LogP) is 3.56. The van der Waals surface area contributed by atoms with E-state index in [1.165, 1.54) is 12.8 Å². The van der Waals surface area contributed by atoms with Crippen LogP contribution < -0.4 is 5.32 Å². The van der Waals surface area contributed by atoms with Crippen molar-refractivity contribution in [1.82, 2.24) is 14.8 Å². The van der Waals surface area contributed by atoms with E-state index in [-0.39, 0.29) is 0 Å². The minimum absolute atomic E-state index is 0.307. The fourth-order valence-corrected chi connectivity index (χ4v) is 4.79. The Bertz CT molecular complexity index is 734. The first kappa shape index (κ1) is 18.4. The Morgan fingerprint density at radius 2 is 1.85 bits per heavy atom. The van der Waals surface area contributed by atoms with Crippen LogP contribution in [0.5, 0.6) is 0 Å². The summed E-state index contributed by atoms with van der Waals surface area (Å²) in [6.45, 7) is 5.60. The van der Waals surface area contributed by atoms with Crippen LogP contribution in [0.15, 0.2) is 35.7 Å². The fourth-order valence-electron chi connectivity index (χ4n) is 4.04.